The van der Waals surface area contributed by atoms with Crippen molar-refractivity contribution in [1.82, 2.24) is 0 Å². The van der Waals surface area contributed by atoms with Gasteiger partial charge in [-0.15, -0.1) is 0 Å². The van der Waals surface area contributed by atoms with Gasteiger partial charge in [-0.2, -0.15) is 0 Å². The normalized spacial score (nSPS) is 25.9. The molecule has 1 aliphatic heterocycles. The second-order valence-corrected chi connectivity index (χ2v) is 6.95. The molecular weight excluding hydrogens is 336 g/mol. The van der Waals surface area contributed by atoms with Crippen molar-refractivity contribution in [3.8, 4) is 0 Å². The summed E-state index contributed by atoms with van der Waals surface area (Å²) in [6.07, 6.45) is 10.2. The van der Waals surface area contributed by atoms with Gasteiger partial charge in [-0.1, -0.05) is 50.5 Å². The summed E-state index contributed by atoms with van der Waals surface area (Å²) >= 11 is 0. The highest BCUT2D eigenvalue weighted by Crippen LogP contribution is 2.26. The van der Waals surface area contributed by atoms with E-state index in [-0.39, 0.29) is 12.5 Å². The second-order valence-electron chi connectivity index (χ2n) is 6.95. The van der Waals surface area contributed by atoms with Crippen molar-refractivity contribution in [2.45, 2.75) is 95.2 Å². The van der Waals surface area contributed by atoms with E-state index in [1.165, 1.54) is 0 Å². The Kier molecular flexibility index (Phi) is 11.4. The summed E-state index contributed by atoms with van der Waals surface area (Å²) in [5.41, 5.74) is 0. The van der Waals surface area contributed by atoms with E-state index in [0.29, 0.717) is 32.1 Å². The number of rotatable bonds is 13. The van der Waals surface area contributed by atoms with Crippen LogP contribution in [0.15, 0.2) is 24.3 Å². The molecule has 0 aromatic heterocycles. The fourth-order valence-corrected chi connectivity index (χ4v) is 2.97. The van der Waals surface area contributed by atoms with Crippen LogP contribution < -0.4 is 0 Å². The number of carboxylic acid groups (broad SMARTS) is 1. The quantitative estimate of drug-likeness (QED) is 0.293. The summed E-state index contributed by atoms with van der Waals surface area (Å²) in [5.74, 6) is -0.801. The first-order valence-electron chi connectivity index (χ1n) is 9.68. The van der Waals surface area contributed by atoms with Gasteiger partial charge < -0.3 is 25.2 Å². The number of aliphatic carboxylic acids is 1. The van der Waals surface area contributed by atoms with E-state index >= 15 is 0 Å². The lowest BCUT2D eigenvalue weighted by Gasteiger charge is -2.18. The Bertz CT molecular complexity index is 448. The number of unbranched alkanes of at least 4 members (excludes halogenated alkanes) is 3. The van der Waals surface area contributed by atoms with Crippen molar-refractivity contribution >= 4 is 5.97 Å². The van der Waals surface area contributed by atoms with Gasteiger partial charge in [-0.25, -0.2) is 0 Å². The third-order valence-corrected chi connectivity index (χ3v) is 4.55. The summed E-state index contributed by atoms with van der Waals surface area (Å²) < 4.78 is 5.73. The number of carboxylic acids is 1. The molecule has 0 aromatic carbocycles. The molecule has 5 atom stereocenters. The van der Waals surface area contributed by atoms with Crippen LogP contribution >= 0.6 is 0 Å². The molecule has 1 rings (SSSR count). The van der Waals surface area contributed by atoms with E-state index in [4.69, 9.17) is 9.84 Å². The smallest absolute Gasteiger partial charge is 0.303 e. The van der Waals surface area contributed by atoms with Crippen LogP contribution in [0.2, 0.25) is 0 Å². The zero-order valence-electron chi connectivity index (χ0n) is 15.7. The Morgan fingerprint density at radius 3 is 2.69 bits per heavy atom. The van der Waals surface area contributed by atoms with Crippen LogP contribution in [0.3, 0.4) is 0 Å². The molecule has 26 heavy (non-hydrogen) atoms. The van der Waals surface area contributed by atoms with Gasteiger partial charge in [0.2, 0.25) is 0 Å². The molecule has 1 heterocycles. The summed E-state index contributed by atoms with van der Waals surface area (Å²) in [6.45, 7) is 2.11. The standard InChI is InChI=1S/C20H34O6/c1-2-3-6-10-16(22)19-14-17(23)18(26-19)13-12-15(21)9-7-4-5-8-11-20(24)25/h4,7,12-13,15-19,21-23H,2-3,5-6,8-11,14H2,1H3,(H,24,25)/b7-4-,13-12+/t15-,16+,17+,18+,19+/m1/s1. The van der Waals surface area contributed by atoms with Crippen molar-refractivity contribution in [1.29, 1.82) is 0 Å². The van der Waals surface area contributed by atoms with Crippen LogP contribution in [0.1, 0.15) is 64.7 Å². The lowest BCUT2D eigenvalue weighted by molar-refractivity contribution is -0.137. The van der Waals surface area contributed by atoms with Crippen LogP contribution in [0.4, 0.5) is 0 Å². The third kappa shape index (κ3) is 9.48. The van der Waals surface area contributed by atoms with Gasteiger partial charge in [-0.05, 0) is 25.7 Å². The number of hydrogen-bond donors (Lipinski definition) is 4. The molecule has 0 aliphatic carbocycles. The van der Waals surface area contributed by atoms with Crippen molar-refractivity contribution < 1.29 is 30.0 Å². The van der Waals surface area contributed by atoms with Gasteiger partial charge in [0.25, 0.3) is 0 Å². The molecule has 0 saturated carbocycles. The number of aliphatic hydroxyl groups excluding tert-OH is 3. The van der Waals surface area contributed by atoms with Crippen LogP contribution in [-0.4, -0.2) is 56.9 Å². The summed E-state index contributed by atoms with van der Waals surface area (Å²) in [6, 6.07) is 0. The first kappa shape index (κ1) is 22.8. The maximum atomic E-state index is 10.4. The van der Waals surface area contributed by atoms with Crippen molar-refractivity contribution in [3.63, 3.8) is 0 Å². The molecular formula is C20H34O6. The Balaban J connectivity index is 2.29. The van der Waals surface area contributed by atoms with Crippen molar-refractivity contribution in [2.24, 2.45) is 0 Å². The van der Waals surface area contributed by atoms with Crippen molar-refractivity contribution in [2.75, 3.05) is 0 Å². The second kappa shape index (κ2) is 13.0. The van der Waals surface area contributed by atoms with E-state index in [1.807, 2.05) is 12.2 Å². The average Bonchev–Trinajstić information content (AvgIpc) is 2.97. The minimum Gasteiger partial charge on any atom is -0.481 e. The molecule has 1 saturated heterocycles. The van der Waals surface area contributed by atoms with Crippen LogP contribution in [-0.2, 0) is 9.53 Å². The van der Waals surface area contributed by atoms with Gasteiger partial charge in [-0.3, -0.25) is 4.79 Å². The van der Waals surface area contributed by atoms with E-state index in [1.54, 1.807) is 12.2 Å². The topological polar surface area (TPSA) is 107 Å². The molecule has 0 bridgehead atoms. The SMILES string of the molecule is CCCCC[C@H](O)[C@@H]1C[C@H](O)[C@H](/C=C/[C@H](O)C/C=C\CCCC(=O)O)O1. The number of ether oxygens (including phenoxy) is 1. The molecule has 6 heteroatoms. The third-order valence-electron chi connectivity index (χ3n) is 4.55. The first-order valence-corrected chi connectivity index (χ1v) is 9.68. The monoisotopic (exact) mass is 370 g/mol. The molecule has 0 amide bonds. The molecule has 0 spiro atoms. The number of hydrogen-bond acceptors (Lipinski definition) is 5. The minimum absolute atomic E-state index is 0.148. The van der Waals surface area contributed by atoms with Crippen LogP contribution in [0.5, 0.6) is 0 Å². The Labute approximate surface area is 156 Å². The molecule has 150 valence electrons. The fraction of sp³-hybridized carbons (Fsp3) is 0.750. The maximum absolute atomic E-state index is 10.4. The first-order chi connectivity index (χ1) is 12.4. The zero-order chi connectivity index (χ0) is 19.4. The van der Waals surface area contributed by atoms with Gasteiger partial charge in [0.15, 0.2) is 0 Å². The summed E-state index contributed by atoms with van der Waals surface area (Å²) in [5, 5.41) is 38.7. The summed E-state index contributed by atoms with van der Waals surface area (Å²) in [4.78, 5) is 10.4. The predicted octanol–water partition coefficient (Wildman–Crippen LogP) is 2.56. The number of carbonyl (C=O) groups is 1. The van der Waals surface area contributed by atoms with Gasteiger partial charge in [0, 0.05) is 12.8 Å². The lowest BCUT2D eigenvalue weighted by Crippen LogP contribution is -2.26. The number of allylic oxidation sites excluding steroid dienone is 1. The van der Waals surface area contributed by atoms with Gasteiger partial charge in [0.05, 0.1) is 24.4 Å². The average molecular weight is 370 g/mol. The van der Waals surface area contributed by atoms with Crippen LogP contribution in [0, 0.1) is 0 Å². The molecule has 0 aromatic rings. The molecule has 4 N–H and O–H groups in total. The zero-order valence-corrected chi connectivity index (χ0v) is 15.7. The molecule has 6 nitrogen and oxygen atoms in total. The Morgan fingerprint density at radius 1 is 1.23 bits per heavy atom. The molecule has 1 fully saturated rings. The lowest BCUT2D eigenvalue weighted by atomic mass is 10.0. The van der Waals surface area contributed by atoms with E-state index in [9.17, 15) is 20.1 Å². The molecule has 0 unspecified atom stereocenters. The van der Waals surface area contributed by atoms with E-state index < -0.39 is 30.4 Å². The molecule has 0 radical (unpaired) electrons. The van der Waals surface area contributed by atoms with Gasteiger partial charge >= 0.3 is 5.97 Å². The van der Waals surface area contributed by atoms with Crippen LogP contribution in [0.25, 0.3) is 0 Å². The van der Waals surface area contributed by atoms with E-state index in [2.05, 4.69) is 6.92 Å². The maximum Gasteiger partial charge on any atom is 0.303 e. The predicted molar refractivity (Wildman–Crippen MR) is 99.8 cm³/mol. The Morgan fingerprint density at radius 2 is 2.00 bits per heavy atom. The summed E-state index contributed by atoms with van der Waals surface area (Å²) in [7, 11) is 0. The van der Waals surface area contributed by atoms with E-state index in [0.717, 1.165) is 19.3 Å². The number of aliphatic hydroxyl groups is 3. The fourth-order valence-electron chi connectivity index (χ4n) is 2.97. The minimum atomic E-state index is -0.801. The highest BCUT2D eigenvalue weighted by molar-refractivity contribution is 5.66. The highest BCUT2D eigenvalue weighted by atomic mass is 16.5. The van der Waals surface area contributed by atoms with Gasteiger partial charge in [0.1, 0.15) is 6.10 Å². The Hall–Kier alpha value is -1.21. The highest BCUT2D eigenvalue weighted by Gasteiger charge is 2.36. The molecule has 1 aliphatic rings. The largest absolute Gasteiger partial charge is 0.481 e. The van der Waals surface area contributed by atoms with Crippen molar-refractivity contribution in [3.05, 3.63) is 24.3 Å².